The lowest BCUT2D eigenvalue weighted by Crippen LogP contribution is -2.46. The zero-order chi connectivity index (χ0) is 13.1. The number of aromatic nitrogens is 1. The predicted molar refractivity (Wildman–Crippen MR) is 73.1 cm³/mol. The van der Waals surface area contributed by atoms with Gasteiger partial charge in [-0.2, -0.15) is 4.98 Å². The van der Waals surface area contributed by atoms with Gasteiger partial charge in [-0.05, 0) is 38.8 Å². The van der Waals surface area contributed by atoms with Crippen LogP contribution in [0.2, 0.25) is 0 Å². The Morgan fingerprint density at radius 2 is 1.89 bits per heavy atom. The minimum absolute atomic E-state index is 0.0479. The number of hydrogen-bond donors (Lipinski definition) is 1. The predicted octanol–water partition coefficient (Wildman–Crippen LogP) is 1.62. The molecule has 2 saturated heterocycles. The first-order chi connectivity index (χ1) is 9.36. The van der Waals surface area contributed by atoms with Crippen LogP contribution in [0.1, 0.15) is 37.8 Å². The standard InChI is InChI=1S/C14H23N3O2/c18-10-12-11-19-14(15-12)17-8-4-13(5-9-17)16-6-2-1-3-7-16/h11,13,18H,1-10H2. The first-order valence-electron chi connectivity index (χ1n) is 7.41. The van der Waals surface area contributed by atoms with E-state index in [1.807, 2.05) is 0 Å². The molecule has 2 fully saturated rings. The number of rotatable bonds is 3. The summed E-state index contributed by atoms with van der Waals surface area (Å²) in [7, 11) is 0. The molecule has 3 heterocycles. The van der Waals surface area contributed by atoms with Crippen molar-refractivity contribution in [1.29, 1.82) is 0 Å². The van der Waals surface area contributed by atoms with E-state index in [2.05, 4.69) is 14.8 Å². The second-order valence-electron chi connectivity index (χ2n) is 5.59. The number of likely N-dealkylation sites (tertiary alicyclic amines) is 1. The van der Waals surface area contributed by atoms with Gasteiger partial charge < -0.3 is 19.3 Å². The molecule has 2 aliphatic heterocycles. The largest absolute Gasteiger partial charge is 0.432 e. The Labute approximate surface area is 114 Å². The molecule has 0 aliphatic carbocycles. The quantitative estimate of drug-likeness (QED) is 0.900. The first-order valence-corrected chi connectivity index (χ1v) is 7.41. The molecule has 0 aromatic carbocycles. The molecular weight excluding hydrogens is 242 g/mol. The molecule has 1 aromatic rings. The van der Waals surface area contributed by atoms with Crippen molar-refractivity contribution in [3.8, 4) is 0 Å². The maximum Gasteiger partial charge on any atom is 0.297 e. The minimum atomic E-state index is -0.0479. The Morgan fingerprint density at radius 1 is 1.16 bits per heavy atom. The van der Waals surface area contributed by atoms with E-state index in [-0.39, 0.29) is 6.61 Å². The summed E-state index contributed by atoms with van der Waals surface area (Å²) in [4.78, 5) is 9.14. The van der Waals surface area contributed by atoms with Crippen molar-refractivity contribution in [3.05, 3.63) is 12.0 Å². The van der Waals surface area contributed by atoms with Gasteiger partial charge in [-0.1, -0.05) is 6.42 Å². The van der Waals surface area contributed by atoms with Crippen molar-refractivity contribution >= 4 is 6.01 Å². The van der Waals surface area contributed by atoms with Gasteiger partial charge in [0.1, 0.15) is 12.0 Å². The summed E-state index contributed by atoms with van der Waals surface area (Å²) < 4.78 is 5.42. The Hall–Kier alpha value is -1.07. The SMILES string of the molecule is OCc1coc(N2CCC(N3CCCCC3)CC2)n1. The van der Waals surface area contributed by atoms with E-state index in [9.17, 15) is 0 Å². The summed E-state index contributed by atoms with van der Waals surface area (Å²) in [5, 5.41) is 9.01. The van der Waals surface area contributed by atoms with E-state index in [1.165, 1.54) is 45.2 Å². The van der Waals surface area contributed by atoms with E-state index < -0.39 is 0 Å². The van der Waals surface area contributed by atoms with Crippen molar-refractivity contribution < 1.29 is 9.52 Å². The van der Waals surface area contributed by atoms with Crippen molar-refractivity contribution in [3.63, 3.8) is 0 Å². The highest BCUT2D eigenvalue weighted by Crippen LogP contribution is 2.24. The smallest absolute Gasteiger partial charge is 0.297 e. The summed E-state index contributed by atoms with van der Waals surface area (Å²) in [5.74, 6) is 0. The van der Waals surface area contributed by atoms with Crippen molar-refractivity contribution in [1.82, 2.24) is 9.88 Å². The third kappa shape index (κ3) is 2.92. The van der Waals surface area contributed by atoms with Gasteiger partial charge in [0.05, 0.1) is 6.61 Å². The summed E-state index contributed by atoms with van der Waals surface area (Å²) >= 11 is 0. The molecule has 3 rings (SSSR count). The van der Waals surface area contributed by atoms with Crippen LogP contribution in [-0.2, 0) is 6.61 Å². The van der Waals surface area contributed by atoms with Gasteiger partial charge in [0, 0.05) is 19.1 Å². The summed E-state index contributed by atoms with van der Waals surface area (Å²) in [6, 6.07) is 1.41. The molecule has 0 spiro atoms. The molecule has 1 N–H and O–H groups in total. The van der Waals surface area contributed by atoms with Gasteiger partial charge in [-0.15, -0.1) is 0 Å². The zero-order valence-electron chi connectivity index (χ0n) is 11.4. The number of hydrogen-bond acceptors (Lipinski definition) is 5. The Balaban J connectivity index is 1.53. The highest BCUT2D eigenvalue weighted by Gasteiger charge is 2.27. The number of aliphatic hydroxyl groups is 1. The zero-order valence-corrected chi connectivity index (χ0v) is 11.4. The Bertz CT molecular complexity index is 393. The molecule has 0 radical (unpaired) electrons. The summed E-state index contributed by atoms with van der Waals surface area (Å²) in [6.07, 6.45) is 8.05. The van der Waals surface area contributed by atoms with E-state index >= 15 is 0 Å². The molecular formula is C14H23N3O2. The second kappa shape index (κ2) is 5.92. The number of aliphatic hydroxyl groups excluding tert-OH is 1. The van der Waals surface area contributed by atoms with Gasteiger partial charge in [-0.25, -0.2) is 0 Å². The fourth-order valence-corrected chi connectivity index (χ4v) is 3.22. The molecule has 0 unspecified atom stereocenters. The molecule has 2 aliphatic rings. The van der Waals surface area contributed by atoms with Crippen LogP contribution in [0.5, 0.6) is 0 Å². The molecule has 5 nitrogen and oxygen atoms in total. The molecule has 1 aromatic heterocycles. The molecule has 19 heavy (non-hydrogen) atoms. The fourth-order valence-electron chi connectivity index (χ4n) is 3.22. The van der Waals surface area contributed by atoms with Crippen LogP contribution in [0.15, 0.2) is 10.7 Å². The molecule has 0 atom stereocenters. The van der Waals surface area contributed by atoms with Gasteiger partial charge in [-0.3, -0.25) is 0 Å². The van der Waals surface area contributed by atoms with Crippen LogP contribution >= 0.6 is 0 Å². The molecule has 5 heteroatoms. The monoisotopic (exact) mass is 265 g/mol. The average Bonchev–Trinajstić information content (AvgIpc) is 2.97. The van der Waals surface area contributed by atoms with Crippen LogP contribution in [0, 0.1) is 0 Å². The number of anilines is 1. The first kappa shape index (κ1) is 12.9. The summed E-state index contributed by atoms with van der Waals surface area (Å²) in [5.41, 5.74) is 0.619. The van der Waals surface area contributed by atoms with Gasteiger partial charge in [0.25, 0.3) is 6.01 Å². The van der Waals surface area contributed by atoms with Gasteiger partial charge in [0.15, 0.2) is 0 Å². The molecule has 0 saturated carbocycles. The molecule has 0 amide bonds. The third-order valence-electron chi connectivity index (χ3n) is 4.34. The lowest BCUT2D eigenvalue weighted by atomic mass is 10.0. The lowest BCUT2D eigenvalue weighted by molar-refractivity contribution is 0.140. The summed E-state index contributed by atoms with van der Waals surface area (Å²) in [6.45, 7) is 4.52. The van der Waals surface area contributed by atoms with E-state index in [0.717, 1.165) is 19.1 Å². The van der Waals surface area contributed by atoms with Gasteiger partial charge >= 0.3 is 0 Å². The second-order valence-corrected chi connectivity index (χ2v) is 5.59. The topological polar surface area (TPSA) is 52.7 Å². The van der Waals surface area contributed by atoms with Crippen LogP contribution < -0.4 is 4.90 Å². The van der Waals surface area contributed by atoms with Gasteiger partial charge in [0.2, 0.25) is 0 Å². The maximum atomic E-state index is 9.01. The third-order valence-corrected chi connectivity index (χ3v) is 4.34. The molecule has 106 valence electrons. The van der Waals surface area contributed by atoms with Crippen molar-refractivity contribution in [2.24, 2.45) is 0 Å². The maximum absolute atomic E-state index is 9.01. The highest BCUT2D eigenvalue weighted by atomic mass is 16.4. The van der Waals surface area contributed by atoms with E-state index in [0.29, 0.717) is 11.7 Å². The number of nitrogens with zero attached hydrogens (tertiary/aromatic N) is 3. The lowest BCUT2D eigenvalue weighted by Gasteiger charge is -2.39. The van der Waals surface area contributed by atoms with Crippen LogP contribution in [-0.4, -0.2) is 47.2 Å². The number of piperidine rings is 2. The number of oxazole rings is 1. The normalized spacial score (nSPS) is 22.9. The van der Waals surface area contributed by atoms with E-state index in [1.54, 1.807) is 6.26 Å². The Kier molecular flexibility index (Phi) is 4.03. The van der Waals surface area contributed by atoms with Crippen LogP contribution in [0.25, 0.3) is 0 Å². The minimum Gasteiger partial charge on any atom is -0.432 e. The fraction of sp³-hybridized carbons (Fsp3) is 0.786. The van der Waals surface area contributed by atoms with Crippen LogP contribution in [0.4, 0.5) is 6.01 Å². The van der Waals surface area contributed by atoms with Crippen molar-refractivity contribution in [2.45, 2.75) is 44.8 Å². The Morgan fingerprint density at radius 3 is 2.53 bits per heavy atom. The molecule has 0 bridgehead atoms. The highest BCUT2D eigenvalue weighted by molar-refractivity contribution is 5.27. The van der Waals surface area contributed by atoms with E-state index in [4.69, 9.17) is 9.52 Å². The average molecular weight is 265 g/mol. The van der Waals surface area contributed by atoms with Crippen LogP contribution in [0.3, 0.4) is 0 Å². The van der Waals surface area contributed by atoms with Crippen molar-refractivity contribution in [2.75, 3.05) is 31.1 Å².